The molecule has 4 rings (SSSR count). The van der Waals surface area contributed by atoms with Crippen LogP contribution in [0.1, 0.15) is 16.7 Å². The highest BCUT2D eigenvalue weighted by Gasteiger charge is 2.43. The summed E-state index contributed by atoms with van der Waals surface area (Å²) in [6.07, 6.45) is 0. The Hall–Kier alpha value is -3.21. The van der Waals surface area contributed by atoms with E-state index in [1.165, 1.54) is 0 Å². The highest BCUT2D eigenvalue weighted by atomic mass is 32.3. The molecule has 0 aromatic heterocycles. The minimum atomic E-state index is -5.59. The van der Waals surface area contributed by atoms with Crippen LogP contribution in [0.15, 0.2) is 92.4 Å². The van der Waals surface area contributed by atoms with Gasteiger partial charge in [0.05, 0.1) is 0 Å². The third-order valence-electron chi connectivity index (χ3n) is 5.65. The Balaban J connectivity index is 2.15. The lowest BCUT2D eigenvalue weighted by Gasteiger charge is -2.41. The molecule has 0 radical (unpaired) electrons. The number of hydrogen-bond donors (Lipinski definition) is 0. The van der Waals surface area contributed by atoms with Crippen LogP contribution in [0.3, 0.4) is 0 Å². The van der Waals surface area contributed by atoms with Crippen molar-refractivity contribution < 1.29 is 34.0 Å². The van der Waals surface area contributed by atoms with E-state index in [0.29, 0.717) is 25.8 Å². The molecule has 0 fully saturated rings. The van der Waals surface area contributed by atoms with Crippen molar-refractivity contribution in [1.82, 2.24) is 0 Å². The van der Waals surface area contributed by atoms with Crippen molar-refractivity contribution in [2.24, 2.45) is 0 Å². The second-order valence-electron chi connectivity index (χ2n) is 8.33. The summed E-state index contributed by atoms with van der Waals surface area (Å²) in [6, 6.07) is 19.9. The van der Waals surface area contributed by atoms with Crippen molar-refractivity contribution in [3.8, 4) is 0 Å². The summed E-state index contributed by atoms with van der Waals surface area (Å²) in [5, 5.41) is 0. The van der Waals surface area contributed by atoms with Crippen LogP contribution in [0.25, 0.3) is 0 Å². The molecule has 194 valence electrons. The van der Waals surface area contributed by atoms with Crippen LogP contribution >= 0.6 is 10.3 Å². The molecule has 0 aliphatic rings. The Kier molecular flexibility index (Phi) is 7.20. The molecular weight excluding hydrogens is 531 g/mol. The van der Waals surface area contributed by atoms with Gasteiger partial charge in [-0.2, -0.15) is 8.42 Å². The molecule has 4 aromatic rings. The first kappa shape index (κ1) is 26.8. The predicted molar refractivity (Wildman–Crippen MR) is 130 cm³/mol. The van der Waals surface area contributed by atoms with Crippen LogP contribution in [0.5, 0.6) is 0 Å². The van der Waals surface area contributed by atoms with Crippen LogP contribution in [-0.4, -0.2) is 8.42 Å². The molecule has 0 spiro atoms. The SMILES string of the molecule is Cc1cc(C)c(S(OS(=O)(=O)c2c(F)c(F)c(F)c(F)c2F)(c2ccccc2)c2ccccc2)c(C)c1. The minimum absolute atomic E-state index is 0.337. The number of aryl methyl sites for hydroxylation is 3. The molecule has 0 aliphatic heterocycles. The van der Waals surface area contributed by atoms with Gasteiger partial charge >= 0.3 is 10.1 Å². The lowest BCUT2D eigenvalue weighted by molar-refractivity contribution is 0.354. The van der Waals surface area contributed by atoms with Gasteiger partial charge in [-0.25, -0.2) is 25.6 Å². The fraction of sp³-hybridized carbons (Fsp3) is 0.111. The molecule has 0 N–H and O–H groups in total. The Morgan fingerprint density at radius 3 is 1.35 bits per heavy atom. The Labute approximate surface area is 213 Å². The van der Waals surface area contributed by atoms with Crippen LogP contribution in [-0.2, 0) is 13.7 Å². The second kappa shape index (κ2) is 9.92. The second-order valence-corrected chi connectivity index (χ2v) is 12.7. The summed E-state index contributed by atoms with van der Waals surface area (Å²) in [7, 11) is -8.93. The summed E-state index contributed by atoms with van der Waals surface area (Å²) in [5.74, 6) is -12.2. The standard InChI is InChI=1S/C27H21F5O3S2/c1-16-14-17(2)26(18(3)15-16)36(19-10-6-4-7-11-19,20-12-8-5-9-13-20)35-37(33,34)27-24(31)22(29)21(28)23(30)25(27)32/h4-15H,1-3H3. The van der Waals surface area contributed by atoms with E-state index in [9.17, 15) is 30.4 Å². The lowest BCUT2D eigenvalue weighted by Crippen LogP contribution is -2.20. The van der Waals surface area contributed by atoms with E-state index >= 15 is 0 Å². The smallest absolute Gasteiger partial charge is 0.203 e. The van der Waals surface area contributed by atoms with E-state index in [-0.39, 0.29) is 0 Å². The summed E-state index contributed by atoms with van der Waals surface area (Å²) in [5.41, 5.74) is 2.11. The van der Waals surface area contributed by atoms with Crippen LogP contribution in [0.2, 0.25) is 0 Å². The molecule has 4 aromatic carbocycles. The van der Waals surface area contributed by atoms with Crippen molar-refractivity contribution in [3.63, 3.8) is 0 Å². The normalized spacial score (nSPS) is 12.5. The minimum Gasteiger partial charge on any atom is -0.203 e. The van der Waals surface area contributed by atoms with Crippen molar-refractivity contribution >= 4 is 20.4 Å². The maximum absolute atomic E-state index is 14.7. The summed E-state index contributed by atoms with van der Waals surface area (Å²) in [4.78, 5) is -0.953. The average Bonchev–Trinajstić information content (AvgIpc) is 2.86. The molecule has 0 atom stereocenters. The first-order valence-corrected chi connectivity index (χ1v) is 13.9. The van der Waals surface area contributed by atoms with Gasteiger partial charge in [-0.15, -0.1) is 0 Å². The van der Waals surface area contributed by atoms with E-state index < -0.39 is 54.4 Å². The molecule has 0 amide bonds. The fourth-order valence-electron chi connectivity index (χ4n) is 4.30. The Morgan fingerprint density at radius 2 is 0.946 bits per heavy atom. The van der Waals surface area contributed by atoms with Crippen molar-refractivity contribution in [3.05, 3.63) is 119 Å². The summed E-state index contributed by atoms with van der Waals surface area (Å²) >= 11 is 0. The molecule has 37 heavy (non-hydrogen) atoms. The third kappa shape index (κ3) is 4.54. The average molecular weight is 553 g/mol. The van der Waals surface area contributed by atoms with Crippen LogP contribution in [0, 0.1) is 49.9 Å². The quantitative estimate of drug-likeness (QED) is 0.139. The first-order chi connectivity index (χ1) is 17.4. The van der Waals surface area contributed by atoms with Crippen molar-refractivity contribution in [1.29, 1.82) is 0 Å². The predicted octanol–water partition coefficient (Wildman–Crippen LogP) is 7.91. The van der Waals surface area contributed by atoms with Crippen LogP contribution < -0.4 is 0 Å². The van der Waals surface area contributed by atoms with Gasteiger partial charge in [0.1, 0.15) is 0 Å². The Bertz CT molecular complexity index is 1500. The molecule has 3 nitrogen and oxygen atoms in total. The summed E-state index contributed by atoms with van der Waals surface area (Å²) in [6.45, 7) is 5.31. The maximum Gasteiger partial charge on any atom is 0.313 e. The van der Waals surface area contributed by atoms with E-state index in [1.807, 2.05) is 6.92 Å². The molecule has 10 heteroatoms. The van der Waals surface area contributed by atoms with Gasteiger partial charge in [0.2, 0.25) is 5.82 Å². The topological polar surface area (TPSA) is 43.4 Å². The van der Waals surface area contributed by atoms with Crippen LogP contribution in [0.4, 0.5) is 22.0 Å². The zero-order valence-corrected chi connectivity index (χ0v) is 21.5. The van der Waals surface area contributed by atoms with Gasteiger partial charge in [0.15, 0.2) is 28.2 Å². The molecule has 0 unspecified atom stereocenters. The highest BCUT2D eigenvalue weighted by Crippen LogP contribution is 2.71. The Morgan fingerprint density at radius 1 is 0.568 bits per heavy atom. The third-order valence-corrected chi connectivity index (χ3v) is 11.1. The van der Waals surface area contributed by atoms with Gasteiger partial charge in [0, 0.05) is 14.7 Å². The zero-order valence-electron chi connectivity index (χ0n) is 19.9. The molecule has 0 bridgehead atoms. The first-order valence-electron chi connectivity index (χ1n) is 10.9. The number of benzene rings is 4. The van der Waals surface area contributed by atoms with Crippen molar-refractivity contribution in [2.75, 3.05) is 0 Å². The monoisotopic (exact) mass is 552 g/mol. The molecule has 0 saturated carbocycles. The largest absolute Gasteiger partial charge is 0.313 e. The highest BCUT2D eigenvalue weighted by molar-refractivity contribution is 8.33. The van der Waals surface area contributed by atoms with E-state index in [2.05, 4.69) is 0 Å². The summed E-state index contributed by atoms with van der Waals surface area (Å²) < 4.78 is 104. The van der Waals surface area contributed by atoms with E-state index in [0.717, 1.165) is 5.56 Å². The molecule has 0 aliphatic carbocycles. The lowest BCUT2D eigenvalue weighted by atomic mass is 10.1. The van der Waals surface area contributed by atoms with E-state index in [1.54, 1.807) is 86.6 Å². The van der Waals surface area contributed by atoms with Gasteiger partial charge in [-0.3, -0.25) is 0 Å². The van der Waals surface area contributed by atoms with Gasteiger partial charge in [0.25, 0.3) is 0 Å². The number of halogens is 5. The molecule has 0 saturated heterocycles. The molecular formula is C27H21F5O3S2. The van der Waals surface area contributed by atoms with Gasteiger partial charge in [-0.05, 0) is 66.5 Å². The van der Waals surface area contributed by atoms with Gasteiger partial charge < -0.3 is 0 Å². The zero-order chi connectivity index (χ0) is 27.1. The molecule has 0 heterocycles. The number of hydrogen-bond acceptors (Lipinski definition) is 3. The fourth-order valence-corrected chi connectivity index (χ4v) is 10.0. The van der Waals surface area contributed by atoms with Gasteiger partial charge in [-0.1, -0.05) is 54.1 Å². The van der Waals surface area contributed by atoms with E-state index in [4.69, 9.17) is 3.63 Å². The maximum atomic E-state index is 14.7. The number of rotatable bonds is 6. The van der Waals surface area contributed by atoms with Crippen molar-refractivity contribution in [2.45, 2.75) is 40.4 Å².